The van der Waals surface area contributed by atoms with E-state index >= 15 is 0 Å². The van der Waals surface area contributed by atoms with Gasteiger partial charge in [0, 0.05) is 6.54 Å². The van der Waals surface area contributed by atoms with Crippen molar-refractivity contribution in [1.29, 1.82) is 0 Å². The molecule has 0 bridgehead atoms. The van der Waals surface area contributed by atoms with E-state index in [1.807, 2.05) is 0 Å². The van der Waals surface area contributed by atoms with Crippen molar-refractivity contribution in [1.82, 2.24) is 14.5 Å². The van der Waals surface area contributed by atoms with Gasteiger partial charge in [-0.25, -0.2) is 4.98 Å². The quantitative estimate of drug-likeness (QED) is 0.591. The van der Waals surface area contributed by atoms with Crippen LogP contribution in [0.4, 0.5) is 13.2 Å². The number of nitrogens with zero attached hydrogens (tertiary/aromatic N) is 3. The highest BCUT2D eigenvalue weighted by atomic mass is 19.4. The van der Waals surface area contributed by atoms with Crippen LogP contribution in [0.15, 0.2) is 48.5 Å². The molecule has 0 unspecified atom stereocenters. The van der Waals surface area contributed by atoms with Gasteiger partial charge in [0.05, 0.1) is 17.6 Å². The Morgan fingerprint density at radius 2 is 1.62 bits per heavy atom. The Bertz CT molecular complexity index is 942. The summed E-state index contributed by atoms with van der Waals surface area (Å²) in [5.74, 6) is 1.19. The Morgan fingerprint density at radius 3 is 2.24 bits per heavy atom. The molecule has 4 rings (SSSR count). The van der Waals surface area contributed by atoms with Gasteiger partial charge in [0.15, 0.2) is 0 Å². The first-order valence-corrected chi connectivity index (χ1v) is 9.61. The normalized spacial score (nSPS) is 14.6. The Labute approximate surface area is 168 Å². The number of alkyl halides is 3. The smallest absolute Gasteiger partial charge is 0.322 e. The first kappa shape index (κ1) is 21.0. The summed E-state index contributed by atoms with van der Waals surface area (Å²) in [6, 6.07) is 17.3. The lowest BCUT2D eigenvalue weighted by Gasteiger charge is -2.16. The number of hydrogen-bond acceptors (Lipinski definition) is 3. The molecule has 2 aromatic carbocycles. The van der Waals surface area contributed by atoms with E-state index in [1.54, 1.807) is 0 Å². The molecule has 4 nitrogen and oxygen atoms in total. The van der Waals surface area contributed by atoms with Gasteiger partial charge in [0.25, 0.3) is 0 Å². The molecular weight excluding hydrogens is 379 g/mol. The van der Waals surface area contributed by atoms with E-state index in [1.165, 1.54) is 48.4 Å². The number of benzene rings is 2. The summed E-state index contributed by atoms with van der Waals surface area (Å²) in [6.45, 7) is 6.39. The van der Waals surface area contributed by atoms with Gasteiger partial charge in [-0.15, -0.1) is 0 Å². The van der Waals surface area contributed by atoms with E-state index in [0.717, 1.165) is 18.6 Å². The van der Waals surface area contributed by atoms with E-state index in [9.17, 15) is 13.2 Å². The Kier molecular flexibility index (Phi) is 6.69. The highest BCUT2D eigenvalue weighted by Gasteiger charge is 2.24. The minimum Gasteiger partial charge on any atom is -0.322 e. The maximum absolute atomic E-state index is 10.4. The number of hydrogen-bond donors (Lipinski definition) is 0. The van der Waals surface area contributed by atoms with E-state index in [4.69, 9.17) is 9.78 Å². The van der Waals surface area contributed by atoms with E-state index in [0.29, 0.717) is 0 Å². The fraction of sp³-hybridized carbons (Fsp3) is 0.364. The van der Waals surface area contributed by atoms with Gasteiger partial charge in [-0.05, 0) is 50.6 Å². The third kappa shape index (κ3) is 5.90. The second-order valence-corrected chi connectivity index (χ2v) is 7.23. The Balaban J connectivity index is 0.000000353. The van der Waals surface area contributed by atoms with Crippen molar-refractivity contribution >= 4 is 17.3 Å². The molecule has 3 aromatic rings. The van der Waals surface area contributed by atoms with Crippen LogP contribution in [0.25, 0.3) is 11.0 Å². The maximum Gasteiger partial charge on any atom is 0.446 e. The van der Waals surface area contributed by atoms with Gasteiger partial charge in [0.1, 0.15) is 5.82 Å². The van der Waals surface area contributed by atoms with Crippen molar-refractivity contribution < 1.29 is 18.0 Å². The third-order valence-corrected chi connectivity index (χ3v) is 4.89. The first-order valence-electron chi connectivity index (χ1n) is 9.61. The summed E-state index contributed by atoms with van der Waals surface area (Å²) in [5.41, 5.74) is 4.99. The fourth-order valence-corrected chi connectivity index (χ4v) is 3.44. The van der Waals surface area contributed by atoms with E-state index in [-0.39, 0.29) is 0 Å². The molecule has 1 saturated heterocycles. The molecule has 7 heteroatoms. The molecule has 29 heavy (non-hydrogen) atoms. The van der Waals surface area contributed by atoms with E-state index < -0.39 is 12.5 Å². The molecule has 0 amide bonds. The lowest BCUT2D eigenvalue weighted by atomic mass is 10.1. The van der Waals surface area contributed by atoms with Crippen molar-refractivity contribution in [3.05, 3.63) is 65.5 Å². The molecule has 0 radical (unpaired) electrons. The first-order chi connectivity index (χ1) is 13.9. The number of carbonyl (C=O) groups is 1. The predicted molar refractivity (Wildman–Crippen MR) is 107 cm³/mol. The summed E-state index contributed by atoms with van der Waals surface area (Å²) in [6.07, 6.45) is -3.07. The molecule has 154 valence electrons. The van der Waals surface area contributed by atoms with Crippen LogP contribution in [-0.2, 0) is 17.9 Å². The van der Waals surface area contributed by atoms with Crippen molar-refractivity contribution in [2.24, 2.45) is 0 Å². The summed E-state index contributed by atoms with van der Waals surface area (Å²) in [4.78, 5) is 16.1. The molecule has 1 fully saturated rings. The van der Waals surface area contributed by atoms with Gasteiger partial charge in [0.2, 0.25) is 6.29 Å². The number of halogens is 3. The summed E-state index contributed by atoms with van der Waals surface area (Å²) in [7, 11) is 0. The van der Waals surface area contributed by atoms with Crippen molar-refractivity contribution in [2.45, 2.75) is 39.0 Å². The zero-order chi connectivity index (χ0) is 20.9. The number of imidazole rings is 1. The molecule has 0 spiro atoms. The zero-order valence-corrected chi connectivity index (χ0v) is 16.3. The van der Waals surface area contributed by atoms with Crippen molar-refractivity contribution in [3.8, 4) is 0 Å². The predicted octanol–water partition coefficient (Wildman–Crippen LogP) is 4.74. The second-order valence-electron chi connectivity index (χ2n) is 7.23. The monoisotopic (exact) mass is 403 g/mol. The largest absolute Gasteiger partial charge is 0.446 e. The number of aryl methyl sites for hydroxylation is 1. The zero-order valence-electron chi connectivity index (χ0n) is 16.3. The Hall–Kier alpha value is -2.67. The van der Waals surface area contributed by atoms with Crippen LogP contribution in [0.3, 0.4) is 0 Å². The third-order valence-electron chi connectivity index (χ3n) is 4.89. The molecule has 0 saturated carbocycles. The molecule has 0 aliphatic carbocycles. The number of para-hydroxylation sites is 2. The van der Waals surface area contributed by atoms with Crippen LogP contribution >= 0.6 is 0 Å². The highest BCUT2D eigenvalue weighted by molar-refractivity contribution is 5.76. The number of fused-ring (bicyclic) bond motifs is 1. The summed E-state index contributed by atoms with van der Waals surface area (Å²) >= 11 is 0. The molecular formula is C22H24F3N3O. The topological polar surface area (TPSA) is 38.1 Å². The average Bonchev–Trinajstić information content (AvgIpc) is 3.32. The van der Waals surface area contributed by atoms with Crippen molar-refractivity contribution in [3.63, 3.8) is 0 Å². The molecule has 1 aliphatic rings. The molecule has 2 heterocycles. The number of likely N-dealkylation sites (tertiary alicyclic amines) is 1. The van der Waals surface area contributed by atoms with Gasteiger partial charge in [-0.3, -0.25) is 9.69 Å². The van der Waals surface area contributed by atoms with Crippen LogP contribution in [-0.4, -0.2) is 40.0 Å². The standard InChI is InChI=1S/C20H23N3.C2HF3O/c1-16-8-10-17(11-9-16)14-23-19-7-3-2-6-18(19)21-20(23)15-22-12-4-5-13-22;3-2(4,5)1-6/h2-3,6-11H,4-5,12-15H2,1H3;1H. The minimum absolute atomic E-state index is 0.893. The average molecular weight is 403 g/mol. The van der Waals surface area contributed by atoms with Crippen LogP contribution < -0.4 is 0 Å². The van der Waals surface area contributed by atoms with Gasteiger partial charge in [-0.2, -0.15) is 13.2 Å². The van der Waals surface area contributed by atoms with Crippen LogP contribution in [0, 0.1) is 6.92 Å². The second kappa shape index (κ2) is 9.22. The molecule has 1 aliphatic heterocycles. The number of rotatable bonds is 4. The fourth-order valence-electron chi connectivity index (χ4n) is 3.44. The minimum atomic E-state index is -4.64. The summed E-state index contributed by atoms with van der Waals surface area (Å²) in [5, 5.41) is 0. The molecule has 0 N–H and O–H groups in total. The van der Waals surface area contributed by atoms with Crippen LogP contribution in [0.1, 0.15) is 29.8 Å². The van der Waals surface area contributed by atoms with E-state index in [2.05, 4.69) is 64.9 Å². The number of carbonyl (C=O) groups excluding carboxylic acids is 1. The van der Waals surface area contributed by atoms with Gasteiger partial charge < -0.3 is 4.57 Å². The van der Waals surface area contributed by atoms with Crippen LogP contribution in [0.5, 0.6) is 0 Å². The van der Waals surface area contributed by atoms with Gasteiger partial charge in [-0.1, -0.05) is 42.0 Å². The lowest BCUT2D eigenvalue weighted by molar-refractivity contribution is -0.156. The Morgan fingerprint density at radius 1 is 1.00 bits per heavy atom. The lowest BCUT2D eigenvalue weighted by Crippen LogP contribution is -2.21. The van der Waals surface area contributed by atoms with Crippen LogP contribution in [0.2, 0.25) is 0 Å². The molecule has 0 atom stereocenters. The number of aldehydes is 1. The summed E-state index contributed by atoms with van der Waals surface area (Å²) < 4.78 is 33.6. The SMILES string of the molecule is Cc1ccc(Cn2c(CN3CCCC3)nc3ccccc32)cc1.O=CC(F)(F)F. The van der Waals surface area contributed by atoms with Gasteiger partial charge >= 0.3 is 6.18 Å². The molecule has 1 aromatic heterocycles. The van der Waals surface area contributed by atoms with Crippen molar-refractivity contribution in [2.75, 3.05) is 13.1 Å². The maximum atomic E-state index is 10.4. The highest BCUT2D eigenvalue weighted by Crippen LogP contribution is 2.21. The number of aromatic nitrogens is 2.